The summed E-state index contributed by atoms with van der Waals surface area (Å²) in [7, 11) is 0. The monoisotopic (exact) mass is 454 g/mol. The number of amides is 2. The van der Waals surface area contributed by atoms with Crippen molar-refractivity contribution in [1.29, 1.82) is 0 Å². The van der Waals surface area contributed by atoms with Crippen LogP contribution in [-0.2, 0) is 16.8 Å². The first-order chi connectivity index (χ1) is 15.1. The molecule has 1 aromatic heterocycles. The molecule has 1 atom stereocenters. The Kier molecular flexibility index (Phi) is 6.14. The summed E-state index contributed by atoms with van der Waals surface area (Å²) in [6.45, 7) is 8.45. The Morgan fingerprint density at radius 2 is 1.91 bits per heavy atom. The van der Waals surface area contributed by atoms with Gasteiger partial charge >= 0.3 is 0 Å². The lowest BCUT2D eigenvalue weighted by molar-refractivity contribution is -0.127. The van der Waals surface area contributed by atoms with E-state index in [2.05, 4.69) is 26.1 Å². The molecule has 0 bridgehead atoms. The second-order valence-corrected chi connectivity index (χ2v) is 11.1. The highest BCUT2D eigenvalue weighted by Gasteiger charge is 2.49. The average Bonchev–Trinajstić information content (AvgIpc) is 3.19. The summed E-state index contributed by atoms with van der Waals surface area (Å²) >= 11 is 1.62. The summed E-state index contributed by atoms with van der Waals surface area (Å²) in [5.41, 5.74) is 0.880. The highest BCUT2D eigenvalue weighted by Crippen LogP contribution is 2.36. The zero-order valence-corrected chi connectivity index (χ0v) is 20.6. The number of benzene rings is 1. The lowest BCUT2D eigenvalue weighted by atomic mass is 9.90. The fourth-order valence-corrected chi connectivity index (χ4v) is 5.14. The first kappa shape index (κ1) is 22.9. The number of fused-ring (bicyclic) bond motifs is 1. The maximum atomic E-state index is 13.8. The van der Waals surface area contributed by atoms with Gasteiger partial charge in [0.1, 0.15) is 11.2 Å². The van der Waals surface area contributed by atoms with Crippen LogP contribution >= 0.6 is 11.8 Å². The van der Waals surface area contributed by atoms with Crippen molar-refractivity contribution in [3.63, 3.8) is 0 Å². The molecule has 0 saturated heterocycles. The van der Waals surface area contributed by atoms with Gasteiger partial charge in [-0.15, -0.1) is 11.8 Å². The van der Waals surface area contributed by atoms with E-state index in [0.29, 0.717) is 12.2 Å². The molecule has 32 heavy (non-hydrogen) atoms. The summed E-state index contributed by atoms with van der Waals surface area (Å²) in [6.07, 6.45) is 7.51. The number of nitrogens with one attached hydrogen (secondary N) is 1. The van der Waals surface area contributed by atoms with Crippen molar-refractivity contribution in [2.24, 2.45) is 0 Å². The molecule has 2 amide bonds. The Balaban J connectivity index is 1.78. The molecule has 172 valence electrons. The number of aromatic nitrogens is 2. The van der Waals surface area contributed by atoms with E-state index in [1.54, 1.807) is 21.3 Å². The minimum atomic E-state index is -1.07. The predicted octanol–water partition coefficient (Wildman–Crippen LogP) is 4.77. The number of hydrogen-bond acceptors (Lipinski definition) is 4. The van der Waals surface area contributed by atoms with Gasteiger partial charge in [0.25, 0.3) is 5.91 Å². The predicted molar refractivity (Wildman–Crippen MR) is 129 cm³/mol. The van der Waals surface area contributed by atoms with E-state index >= 15 is 0 Å². The van der Waals surface area contributed by atoms with Crippen LogP contribution in [0.25, 0.3) is 0 Å². The third-order valence-electron chi connectivity index (χ3n) is 6.66. The molecule has 4 rings (SSSR count). The Morgan fingerprint density at radius 1 is 1.19 bits per heavy atom. The molecule has 2 aliphatic rings. The zero-order chi connectivity index (χ0) is 23.1. The van der Waals surface area contributed by atoms with E-state index < -0.39 is 5.54 Å². The van der Waals surface area contributed by atoms with Gasteiger partial charge in [-0.1, -0.05) is 46.1 Å². The average molecular weight is 455 g/mol. The molecule has 2 aromatic rings. The molecule has 7 heteroatoms. The first-order valence-corrected chi connectivity index (χ1v) is 12.7. The summed E-state index contributed by atoms with van der Waals surface area (Å²) in [6, 6.07) is 9.93. The van der Waals surface area contributed by atoms with Gasteiger partial charge in [0.2, 0.25) is 5.91 Å². The number of rotatable bonds is 4. The van der Waals surface area contributed by atoms with Crippen LogP contribution in [0.1, 0.15) is 76.0 Å². The van der Waals surface area contributed by atoms with Crippen LogP contribution in [0, 0.1) is 0 Å². The molecule has 1 aliphatic heterocycles. The van der Waals surface area contributed by atoms with E-state index in [1.807, 2.05) is 43.5 Å². The topological polar surface area (TPSA) is 67.2 Å². The molecule has 1 unspecified atom stereocenters. The van der Waals surface area contributed by atoms with E-state index in [0.717, 1.165) is 42.0 Å². The Labute approximate surface area is 195 Å². The van der Waals surface area contributed by atoms with Crippen LogP contribution < -0.4 is 10.2 Å². The molecule has 1 aromatic carbocycles. The van der Waals surface area contributed by atoms with Gasteiger partial charge in [0.05, 0.1) is 12.2 Å². The molecular formula is C25H34N4O2S. The number of nitrogens with zero attached hydrogens (tertiary/aromatic N) is 3. The third kappa shape index (κ3) is 4.19. The highest BCUT2D eigenvalue weighted by molar-refractivity contribution is 7.98. The van der Waals surface area contributed by atoms with Crippen molar-refractivity contribution in [3.8, 4) is 0 Å². The molecule has 0 radical (unpaired) electrons. The van der Waals surface area contributed by atoms with Crippen molar-refractivity contribution in [2.45, 2.75) is 88.2 Å². The van der Waals surface area contributed by atoms with Crippen molar-refractivity contribution >= 4 is 29.3 Å². The van der Waals surface area contributed by atoms with Crippen LogP contribution in [0.3, 0.4) is 0 Å². The Hall–Kier alpha value is -2.28. The van der Waals surface area contributed by atoms with Crippen molar-refractivity contribution in [2.75, 3.05) is 11.2 Å². The van der Waals surface area contributed by atoms with Crippen LogP contribution in [0.4, 0.5) is 5.69 Å². The maximum absolute atomic E-state index is 13.8. The van der Waals surface area contributed by atoms with Crippen LogP contribution in [0.2, 0.25) is 0 Å². The normalized spacial score (nSPS) is 22.0. The van der Waals surface area contributed by atoms with Gasteiger partial charge < -0.3 is 5.32 Å². The van der Waals surface area contributed by atoms with Gasteiger partial charge in [-0.05, 0) is 50.3 Å². The van der Waals surface area contributed by atoms with Gasteiger partial charge in [0, 0.05) is 22.0 Å². The molecule has 1 N–H and O–H groups in total. The fourth-order valence-electron chi connectivity index (χ4n) is 4.69. The van der Waals surface area contributed by atoms with E-state index in [-0.39, 0.29) is 23.3 Å². The minimum Gasteiger partial charge on any atom is -0.351 e. The first-order valence-electron chi connectivity index (χ1n) is 11.5. The van der Waals surface area contributed by atoms with Gasteiger partial charge in [-0.2, -0.15) is 5.10 Å². The zero-order valence-electron chi connectivity index (χ0n) is 19.8. The number of carbonyl (C=O) groups excluding carboxylic acids is 2. The Bertz CT molecular complexity index is 1020. The van der Waals surface area contributed by atoms with Crippen LogP contribution in [0.5, 0.6) is 0 Å². The fraction of sp³-hybridized carbons (Fsp3) is 0.560. The van der Waals surface area contributed by atoms with E-state index in [1.165, 1.54) is 6.42 Å². The molecule has 1 aliphatic carbocycles. The van der Waals surface area contributed by atoms with Gasteiger partial charge in [-0.3, -0.25) is 19.2 Å². The lowest BCUT2D eigenvalue weighted by Gasteiger charge is -2.44. The smallest absolute Gasteiger partial charge is 0.277 e. The molecular weight excluding hydrogens is 420 g/mol. The molecule has 1 fully saturated rings. The quantitative estimate of drug-likeness (QED) is 0.676. The number of hydrogen-bond donors (Lipinski definition) is 1. The standard InChI is InChI=1S/C25H34N4O2S/c1-24(2,3)21-15-20-22(30)29(18-12-9-13-19(14-18)32-5)25(4,16-28(20)27-21)23(31)26-17-10-7-6-8-11-17/h9,12-15,17H,6-8,10-11,16H2,1-5H3,(H,26,31). The lowest BCUT2D eigenvalue weighted by Crippen LogP contribution is -2.65. The number of thioether (sulfide) groups is 1. The van der Waals surface area contributed by atoms with Crippen LogP contribution in [0.15, 0.2) is 35.2 Å². The van der Waals surface area contributed by atoms with Crippen LogP contribution in [-0.4, -0.2) is 39.4 Å². The maximum Gasteiger partial charge on any atom is 0.277 e. The highest BCUT2D eigenvalue weighted by atomic mass is 32.2. The third-order valence-corrected chi connectivity index (χ3v) is 7.39. The summed E-state index contributed by atoms with van der Waals surface area (Å²) in [5.74, 6) is -0.287. The largest absolute Gasteiger partial charge is 0.351 e. The molecule has 0 spiro atoms. The molecule has 2 heterocycles. The summed E-state index contributed by atoms with van der Waals surface area (Å²) < 4.78 is 1.73. The minimum absolute atomic E-state index is 0.106. The molecule has 1 saturated carbocycles. The Morgan fingerprint density at radius 3 is 2.56 bits per heavy atom. The number of carbonyl (C=O) groups is 2. The van der Waals surface area contributed by atoms with Gasteiger partial charge in [0.15, 0.2) is 0 Å². The van der Waals surface area contributed by atoms with Crippen molar-refractivity contribution in [3.05, 3.63) is 41.7 Å². The van der Waals surface area contributed by atoms with E-state index in [9.17, 15) is 9.59 Å². The van der Waals surface area contributed by atoms with E-state index in [4.69, 9.17) is 5.10 Å². The number of anilines is 1. The summed E-state index contributed by atoms with van der Waals surface area (Å²) in [4.78, 5) is 30.3. The van der Waals surface area contributed by atoms with Gasteiger partial charge in [-0.25, -0.2) is 0 Å². The van der Waals surface area contributed by atoms with Crippen molar-refractivity contribution in [1.82, 2.24) is 15.1 Å². The second kappa shape index (κ2) is 8.58. The summed E-state index contributed by atoms with van der Waals surface area (Å²) in [5, 5.41) is 8.01. The van der Waals surface area contributed by atoms with Crippen molar-refractivity contribution < 1.29 is 9.59 Å². The SMILES string of the molecule is CSc1cccc(N2C(=O)c3cc(C(C)(C)C)nn3CC2(C)C(=O)NC2CCCCC2)c1. The molecule has 6 nitrogen and oxygen atoms in total. The second-order valence-electron chi connectivity index (χ2n) is 10.2.